The van der Waals surface area contributed by atoms with Crippen molar-refractivity contribution in [1.29, 1.82) is 0 Å². The molecule has 2 aliphatic heterocycles. The molecule has 37 heavy (non-hydrogen) atoms. The van der Waals surface area contributed by atoms with E-state index in [0.717, 1.165) is 47.3 Å². The third-order valence-corrected chi connectivity index (χ3v) is 5.82. The Morgan fingerprint density at radius 3 is 1.92 bits per heavy atom. The first kappa shape index (κ1) is 29.2. The van der Waals surface area contributed by atoms with Crippen molar-refractivity contribution >= 4 is 41.7 Å². The summed E-state index contributed by atoms with van der Waals surface area (Å²) in [4.78, 5) is 89.0. The average molecular weight is 528 g/mol. The monoisotopic (exact) mass is 528 g/mol. The predicted molar refractivity (Wildman–Crippen MR) is 116 cm³/mol. The van der Waals surface area contributed by atoms with Crippen molar-refractivity contribution in [2.75, 3.05) is 28.4 Å². The maximum absolute atomic E-state index is 13.5. The summed E-state index contributed by atoms with van der Waals surface area (Å²) in [6.07, 6.45) is -4.04. The van der Waals surface area contributed by atoms with Crippen molar-refractivity contribution in [2.45, 2.75) is 57.4 Å². The minimum absolute atomic E-state index is 0.502. The van der Waals surface area contributed by atoms with E-state index in [1.54, 1.807) is 0 Å². The van der Waals surface area contributed by atoms with Crippen LogP contribution >= 0.6 is 0 Å². The maximum atomic E-state index is 13.5. The number of hydrazine groups is 1. The number of hydrogen-bond acceptors (Lipinski definition) is 14. The van der Waals surface area contributed by atoms with E-state index >= 15 is 0 Å². The first-order valence-corrected chi connectivity index (χ1v) is 10.8. The van der Waals surface area contributed by atoms with Gasteiger partial charge in [-0.25, -0.2) is 19.4 Å². The van der Waals surface area contributed by atoms with Crippen LogP contribution in [0.4, 0.5) is 0 Å². The SMILES string of the molecule is COC(=O)CC1(C(=O)OC)C(C(=O)OC)=C(C(=O)OC)N2C(=O)CC(C(OC(C)=O)C(C)OC(C)=O)N21. The van der Waals surface area contributed by atoms with Crippen molar-refractivity contribution in [3.8, 4) is 0 Å². The van der Waals surface area contributed by atoms with Gasteiger partial charge in [-0.3, -0.25) is 19.2 Å². The van der Waals surface area contributed by atoms with Gasteiger partial charge >= 0.3 is 35.8 Å². The molecule has 1 amide bonds. The molecule has 0 aromatic heterocycles. The summed E-state index contributed by atoms with van der Waals surface area (Å²) in [6.45, 7) is 3.53. The Morgan fingerprint density at radius 2 is 1.46 bits per heavy atom. The minimum Gasteiger partial charge on any atom is -0.469 e. The second-order valence-corrected chi connectivity index (χ2v) is 8.02. The zero-order chi connectivity index (χ0) is 28.2. The van der Waals surface area contributed by atoms with Crippen LogP contribution in [-0.4, -0.2) is 104 Å². The van der Waals surface area contributed by atoms with Crippen LogP contribution in [0.1, 0.15) is 33.6 Å². The molecule has 0 bridgehead atoms. The number of carbonyl (C=O) groups is 7. The first-order valence-electron chi connectivity index (χ1n) is 10.8. The Hall–Kier alpha value is -4.01. The van der Waals surface area contributed by atoms with E-state index in [0.29, 0.717) is 5.01 Å². The zero-order valence-electron chi connectivity index (χ0n) is 21.3. The lowest BCUT2D eigenvalue weighted by atomic mass is 9.83. The van der Waals surface area contributed by atoms with Crippen LogP contribution in [0.25, 0.3) is 0 Å². The van der Waals surface area contributed by atoms with E-state index in [9.17, 15) is 33.6 Å². The van der Waals surface area contributed by atoms with Gasteiger partial charge in [-0.2, -0.15) is 5.01 Å². The molecule has 0 radical (unpaired) electrons. The molecule has 15 nitrogen and oxygen atoms in total. The van der Waals surface area contributed by atoms with Crippen LogP contribution in [0, 0.1) is 0 Å². The molecule has 4 atom stereocenters. The van der Waals surface area contributed by atoms with Gasteiger partial charge < -0.3 is 28.4 Å². The molecule has 0 aromatic rings. The fourth-order valence-corrected chi connectivity index (χ4v) is 4.53. The quantitative estimate of drug-likeness (QED) is 0.256. The Labute approximate surface area is 211 Å². The number of hydrogen-bond donors (Lipinski definition) is 0. The molecular formula is C22H28N2O13. The van der Waals surface area contributed by atoms with Gasteiger partial charge in [0.25, 0.3) is 0 Å². The van der Waals surface area contributed by atoms with Crippen molar-refractivity contribution < 1.29 is 62.0 Å². The van der Waals surface area contributed by atoms with Gasteiger partial charge in [0.15, 0.2) is 17.3 Å². The molecule has 2 heterocycles. The normalized spacial score (nSPS) is 22.5. The van der Waals surface area contributed by atoms with Crippen LogP contribution in [0.3, 0.4) is 0 Å². The first-order chi connectivity index (χ1) is 17.3. The molecule has 1 saturated heterocycles. The highest BCUT2D eigenvalue weighted by molar-refractivity contribution is 6.12. The number of nitrogens with zero attached hydrogens (tertiary/aromatic N) is 2. The highest BCUT2D eigenvalue weighted by Gasteiger charge is 2.69. The van der Waals surface area contributed by atoms with Crippen molar-refractivity contribution in [3.63, 3.8) is 0 Å². The van der Waals surface area contributed by atoms with E-state index in [1.807, 2.05) is 0 Å². The molecule has 15 heteroatoms. The summed E-state index contributed by atoms with van der Waals surface area (Å²) in [5.41, 5.74) is -3.96. The van der Waals surface area contributed by atoms with Gasteiger partial charge in [-0.15, -0.1) is 0 Å². The average Bonchev–Trinajstić information content (AvgIpc) is 3.34. The molecule has 204 valence electrons. The van der Waals surface area contributed by atoms with Crippen molar-refractivity contribution in [3.05, 3.63) is 11.3 Å². The Kier molecular flexibility index (Phi) is 8.98. The smallest absolute Gasteiger partial charge is 0.356 e. The number of ether oxygens (including phenoxy) is 6. The standard InChI is InChI=1S/C22H28N2O13/c1-10(36-11(2)25)18(37-12(3)26)13-8-14(27)23-17(20(30)34-6)16(19(29)33-5)22(24(13)23,21(31)35-7)9-15(28)32-4/h10,13,18H,8-9H2,1-7H3. The van der Waals surface area contributed by atoms with E-state index in [2.05, 4.69) is 0 Å². The molecule has 0 saturated carbocycles. The number of rotatable bonds is 9. The van der Waals surface area contributed by atoms with Gasteiger partial charge in [0.2, 0.25) is 5.91 Å². The lowest BCUT2D eigenvalue weighted by Gasteiger charge is -2.42. The van der Waals surface area contributed by atoms with Crippen molar-refractivity contribution in [1.82, 2.24) is 10.0 Å². The predicted octanol–water partition coefficient (Wildman–Crippen LogP) is -1.22. The molecule has 0 spiro atoms. The Bertz CT molecular complexity index is 1050. The van der Waals surface area contributed by atoms with Crippen LogP contribution < -0.4 is 0 Å². The topological polar surface area (TPSA) is 181 Å². The summed E-state index contributed by atoms with van der Waals surface area (Å²) >= 11 is 0. The summed E-state index contributed by atoms with van der Waals surface area (Å²) in [7, 11) is 3.89. The van der Waals surface area contributed by atoms with Crippen LogP contribution in [-0.2, 0) is 62.0 Å². The van der Waals surface area contributed by atoms with E-state index < -0.39 is 89.6 Å². The second kappa shape index (κ2) is 11.4. The highest BCUT2D eigenvalue weighted by atomic mass is 16.6. The van der Waals surface area contributed by atoms with E-state index in [4.69, 9.17) is 28.4 Å². The molecule has 0 aromatic carbocycles. The fourth-order valence-electron chi connectivity index (χ4n) is 4.53. The van der Waals surface area contributed by atoms with Crippen molar-refractivity contribution in [2.24, 2.45) is 0 Å². The minimum atomic E-state index is -2.51. The third kappa shape index (κ3) is 5.12. The summed E-state index contributed by atoms with van der Waals surface area (Å²) < 4.78 is 29.8. The van der Waals surface area contributed by atoms with E-state index in [1.165, 1.54) is 6.92 Å². The molecule has 0 N–H and O–H groups in total. The Balaban J connectivity index is 2.96. The van der Waals surface area contributed by atoms with Gasteiger partial charge in [-0.05, 0) is 6.92 Å². The van der Waals surface area contributed by atoms with Gasteiger partial charge in [0.1, 0.15) is 11.7 Å². The van der Waals surface area contributed by atoms with Crippen LogP contribution in [0.5, 0.6) is 0 Å². The van der Waals surface area contributed by atoms with Gasteiger partial charge in [0.05, 0.1) is 40.9 Å². The molecule has 2 aliphatic rings. The fraction of sp³-hybridized carbons (Fsp3) is 0.591. The zero-order valence-corrected chi connectivity index (χ0v) is 21.3. The van der Waals surface area contributed by atoms with Crippen LogP contribution in [0.2, 0.25) is 0 Å². The molecule has 0 aliphatic carbocycles. The number of amides is 1. The summed E-state index contributed by atoms with van der Waals surface area (Å²) in [5, 5.41) is 1.60. The molecule has 4 unspecified atom stereocenters. The highest BCUT2D eigenvalue weighted by Crippen LogP contribution is 2.49. The molecule has 2 rings (SSSR count). The second-order valence-electron chi connectivity index (χ2n) is 8.02. The number of methoxy groups -OCH3 is 4. The Morgan fingerprint density at radius 1 is 0.892 bits per heavy atom. The lowest BCUT2D eigenvalue weighted by Crippen LogP contribution is -2.63. The van der Waals surface area contributed by atoms with Gasteiger partial charge in [0, 0.05) is 20.3 Å². The number of carbonyl (C=O) groups excluding carboxylic acids is 7. The maximum Gasteiger partial charge on any atom is 0.356 e. The number of esters is 6. The van der Waals surface area contributed by atoms with Crippen LogP contribution in [0.15, 0.2) is 11.3 Å². The number of fused-ring (bicyclic) bond motifs is 1. The third-order valence-electron chi connectivity index (χ3n) is 5.82. The van der Waals surface area contributed by atoms with E-state index in [-0.39, 0.29) is 0 Å². The molecule has 1 fully saturated rings. The lowest BCUT2D eigenvalue weighted by molar-refractivity contribution is -0.186. The van der Waals surface area contributed by atoms with Gasteiger partial charge in [-0.1, -0.05) is 0 Å². The molecular weight excluding hydrogens is 500 g/mol. The largest absolute Gasteiger partial charge is 0.469 e. The summed E-state index contributed by atoms with van der Waals surface area (Å²) in [6, 6.07) is -1.35. The summed E-state index contributed by atoms with van der Waals surface area (Å²) in [5.74, 6) is -7.17.